The van der Waals surface area contributed by atoms with Crippen LogP contribution in [0, 0.1) is 12.8 Å². The average molecular weight is 310 g/mol. The van der Waals surface area contributed by atoms with Crippen LogP contribution in [0.4, 0.5) is 0 Å². The summed E-state index contributed by atoms with van der Waals surface area (Å²) in [6.45, 7) is 6.42. The number of rotatable bonds is 5. The first-order chi connectivity index (χ1) is 9.86. The fourth-order valence-corrected chi connectivity index (χ4v) is 3.75. The zero-order valence-electron chi connectivity index (χ0n) is 13.2. The van der Waals surface area contributed by atoms with E-state index in [9.17, 15) is 8.42 Å². The lowest BCUT2D eigenvalue weighted by atomic mass is 9.98. The van der Waals surface area contributed by atoms with Crippen LogP contribution in [-0.4, -0.2) is 38.6 Å². The second kappa shape index (κ2) is 6.90. The average Bonchev–Trinajstić information content (AvgIpc) is 2.45. The smallest absolute Gasteiger partial charge is 0.211 e. The minimum atomic E-state index is -3.05. The molecule has 1 aliphatic rings. The lowest BCUT2D eigenvalue weighted by Gasteiger charge is -2.31. The topological polar surface area (TPSA) is 49.4 Å². The molecule has 0 amide bonds. The van der Waals surface area contributed by atoms with Crippen molar-refractivity contribution in [3.8, 4) is 0 Å². The van der Waals surface area contributed by atoms with Crippen molar-refractivity contribution in [1.82, 2.24) is 9.62 Å². The van der Waals surface area contributed by atoms with E-state index in [4.69, 9.17) is 0 Å². The van der Waals surface area contributed by atoms with Crippen LogP contribution in [0.1, 0.15) is 36.9 Å². The van der Waals surface area contributed by atoms with Gasteiger partial charge in [-0.05, 0) is 44.7 Å². The molecule has 1 fully saturated rings. The molecule has 1 N–H and O–H groups in total. The van der Waals surface area contributed by atoms with Crippen LogP contribution < -0.4 is 5.32 Å². The predicted octanol–water partition coefficient (Wildman–Crippen LogP) is 2.32. The molecule has 118 valence electrons. The monoisotopic (exact) mass is 310 g/mol. The van der Waals surface area contributed by atoms with Gasteiger partial charge >= 0.3 is 0 Å². The van der Waals surface area contributed by atoms with Gasteiger partial charge < -0.3 is 5.32 Å². The Balaban J connectivity index is 1.86. The molecule has 1 heterocycles. The number of hydrogen-bond acceptors (Lipinski definition) is 3. The third kappa shape index (κ3) is 4.80. The Labute approximate surface area is 128 Å². The van der Waals surface area contributed by atoms with Gasteiger partial charge in [0, 0.05) is 19.1 Å². The molecule has 1 aromatic carbocycles. The molecular weight excluding hydrogens is 284 g/mol. The van der Waals surface area contributed by atoms with E-state index in [1.807, 2.05) is 0 Å². The summed E-state index contributed by atoms with van der Waals surface area (Å²) in [5, 5.41) is 3.54. The van der Waals surface area contributed by atoms with E-state index in [2.05, 4.69) is 43.4 Å². The van der Waals surface area contributed by atoms with Gasteiger partial charge in [0.1, 0.15) is 0 Å². The maximum absolute atomic E-state index is 11.6. The van der Waals surface area contributed by atoms with Gasteiger partial charge in [-0.1, -0.05) is 29.8 Å². The zero-order valence-corrected chi connectivity index (χ0v) is 14.0. The van der Waals surface area contributed by atoms with E-state index in [0.717, 1.165) is 19.4 Å². The van der Waals surface area contributed by atoms with Crippen molar-refractivity contribution in [1.29, 1.82) is 0 Å². The number of nitrogens with zero attached hydrogens (tertiary/aromatic N) is 1. The predicted molar refractivity (Wildman–Crippen MR) is 86.7 cm³/mol. The fraction of sp³-hybridized carbons (Fsp3) is 0.625. The second-order valence-electron chi connectivity index (χ2n) is 6.17. The van der Waals surface area contributed by atoms with Crippen molar-refractivity contribution in [2.24, 2.45) is 5.92 Å². The standard InChI is InChI=1S/C16H26N2O2S/c1-13-6-8-16(9-7-13)14(2)17-11-15-5-4-10-18(12-15)21(3,19)20/h6-9,14-15,17H,4-5,10-12H2,1-3H3/t14-,15?/m1/s1. The number of benzene rings is 1. The molecule has 1 saturated heterocycles. The largest absolute Gasteiger partial charge is 0.310 e. The van der Waals surface area contributed by atoms with E-state index in [-0.39, 0.29) is 0 Å². The molecule has 0 radical (unpaired) electrons. The molecule has 0 bridgehead atoms. The second-order valence-corrected chi connectivity index (χ2v) is 8.15. The van der Waals surface area contributed by atoms with Crippen LogP contribution in [0.2, 0.25) is 0 Å². The number of aryl methyl sites for hydroxylation is 1. The Bertz CT molecular complexity index is 554. The fourth-order valence-electron chi connectivity index (χ4n) is 2.81. The van der Waals surface area contributed by atoms with Gasteiger partial charge in [-0.25, -0.2) is 12.7 Å². The van der Waals surface area contributed by atoms with Gasteiger partial charge in [-0.2, -0.15) is 0 Å². The molecule has 2 atom stereocenters. The van der Waals surface area contributed by atoms with Gasteiger partial charge in [0.25, 0.3) is 0 Å². The van der Waals surface area contributed by atoms with Crippen LogP contribution in [0.25, 0.3) is 0 Å². The summed E-state index contributed by atoms with van der Waals surface area (Å²) < 4.78 is 24.9. The van der Waals surface area contributed by atoms with Crippen LogP contribution in [0.5, 0.6) is 0 Å². The Morgan fingerprint density at radius 3 is 2.62 bits per heavy atom. The molecule has 2 rings (SSSR count). The highest BCUT2D eigenvalue weighted by molar-refractivity contribution is 7.88. The first kappa shape index (κ1) is 16.5. The molecule has 0 aromatic heterocycles. The minimum absolute atomic E-state index is 0.291. The zero-order chi connectivity index (χ0) is 15.5. The van der Waals surface area contributed by atoms with Crippen molar-refractivity contribution in [3.05, 3.63) is 35.4 Å². The first-order valence-electron chi connectivity index (χ1n) is 7.61. The molecule has 0 saturated carbocycles. The highest BCUT2D eigenvalue weighted by Gasteiger charge is 2.25. The summed E-state index contributed by atoms with van der Waals surface area (Å²) in [4.78, 5) is 0. The minimum Gasteiger partial charge on any atom is -0.310 e. The van der Waals surface area contributed by atoms with E-state index in [1.165, 1.54) is 17.4 Å². The quantitative estimate of drug-likeness (QED) is 0.908. The maximum Gasteiger partial charge on any atom is 0.211 e. The van der Waals surface area contributed by atoms with E-state index in [0.29, 0.717) is 25.0 Å². The highest BCUT2D eigenvalue weighted by Crippen LogP contribution is 2.19. The van der Waals surface area contributed by atoms with Crippen LogP contribution in [-0.2, 0) is 10.0 Å². The molecule has 5 heteroatoms. The van der Waals surface area contributed by atoms with Gasteiger partial charge in [-0.15, -0.1) is 0 Å². The van der Waals surface area contributed by atoms with Gasteiger partial charge in [0.2, 0.25) is 10.0 Å². The van der Waals surface area contributed by atoms with Gasteiger partial charge in [-0.3, -0.25) is 0 Å². The first-order valence-corrected chi connectivity index (χ1v) is 9.46. The summed E-state index contributed by atoms with van der Waals surface area (Å²) in [6, 6.07) is 8.84. The molecule has 0 spiro atoms. The van der Waals surface area contributed by atoms with Gasteiger partial charge in [0.15, 0.2) is 0 Å². The summed E-state index contributed by atoms with van der Waals surface area (Å²) in [5.74, 6) is 0.404. The molecule has 4 nitrogen and oxygen atoms in total. The molecule has 0 aliphatic carbocycles. The molecule has 1 aromatic rings. The summed E-state index contributed by atoms with van der Waals surface area (Å²) in [6.07, 6.45) is 3.36. The Kier molecular flexibility index (Phi) is 5.41. The van der Waals surface area contributed by atoms with Crippen molar-refractivity contribution in [2.75, 3.05) is 25.9 Å². The number of sulfonamides is 1. The van der Waals surface area contributed by atoms with Crippen LogP contribution >= 0.6 is 0 Å². The highest BCUT2D eigenvalue weighted by atomic mass is 32.2. The number of hydrogen-bond donors (Lipinski definition) is 1. The Morgan fingerprint density at radius 2 is 2.00 bits per heavy atom. The van der Waals surface area contributed by atoms with Crippen molar-refractivity contribution < 1.29 is 8.42 Å². The van der Waals surface area contributed by atoms with Crippen LogP contribution in [0.3, 0.4) is 0 Å². The van der Waals surface area contributed by atoms with Crippen LogP contribution in [0.15, 0.2) is 24.3 Å². The number of piperidine rings is 1. The summed E-state index contributed by atoms with van der Waals surface area (Å²) in [5.41, 5.74) is 2.54. The normalized spacial score (nSPS) is 22.1. The molecule has 21 heavy (non-hydrogen) atoms. The lowest BCUT2D eigenvalue weighted by molar-refractivity contribution is 0.257. The van der Waals surface area contributed by atoms with E-state index < -0.39 is 10.0 Å². The molecule has 1 aliphatic heterocycles. The third-order valence-electron chi connectivity index (χ3n) is 4.24. The van der Waals surface area contributed by atoms with Crippen molar-refractivity contribution in [2.45, 2.75) is 32.7 Å². The van der Waals surface area contributed by atoms with E-state index in [1.54, 1.807) is 4.31 Å². The lowest BCUT2D eigenvalue weighted by Crippen LogP contribution is -2.42. The van der Waals surface area contributed by atoms with Crippen molar-refractivity contribution >= 4 is 10.0 Å². The Hall–Kier alpha value is -0.910. The number of nitrogens with one attached hydrogen (secondary N) is 1. The maximum atomic E-state index is 11.6. The summed E-state index contributed by atoms with van der Waals surface area (Å²) in [7, 11) is -3.05. The van der Waals surface area contributed by atoms with E-state index >= 15 is 0 Å². The Morgan fingerprint density at radius 1 is 1.33 bits per heavy atom. The summed E-state index contributed by atoms with van der Waals surface area (Å²) >= 11 is 0. The van der Waals surface area contributed by atoms with Crippen molar-refractivity contribution in [3.63, 3.8) is 0 Å². The van der Waals surface area contributed by atoms with Gasteiger partial charge in [0.05, 0.1) is 6.26 Å². The third-order valence-corrected chi connectivity index (χ3v) is 5.51. The SMILES string of the molecule is Cc1ccc([C@@H](C)NCC2CCCN(S(C)(=O)=O)C2)cc1. The molecule has 1 unspecified atom stereocenters. The molecular formula is C16H26N2O2S.